The molecule has 2 rings (SSSR count). The maximum atomic E-state index is 11.9. The summed E-state index contributed by atoms with van der Waals surface area (Å²) in [4.78, 5) is 32.1. The number of aryl methyl sites for hydroxylation is 1. The number of methoxy groups -OCH3 is 1. The molecule has 3 amide bonds. The Hall–Kier alpha value is -1.67. The molecule has 0 unspecified atom stereocenters. The molecule has 1 saturated heterocycles. The highest BCUT2D eigenvalue weighted by atomic mass is 32.1. The van der Waals surface area contributed by atoms with Gasteiger partial charge < -0.3 is 19.9 Å². The lowest BCUT2D eigenvalue weighted by Gasteiger charge is -2.15. The first-order chi connectivity index (χ1) is 10.0. The Bertz CT molecular complexity index is 531. The van der Waals surface area contributed by atoms with E-state index in [0.29, 0.717) is 26.2 Å². The van der Waals surface area contributed by atoms with Crippen molar-refractivity contribution in [3.05, 3.63) is 15.6 Å². The molecule has 0 aliphatic carbocycles. The Labute approximate surface area is 127 Å². The lowest BCUT2D eigenvalue weighted by molar-refractivity contribution is -0.121. The molecule has 1 fully saturated rings. The molecule has 0 radical (unpaired) electrons. The average Bonchev–Trinajstić information content (AvgIpc) is 2.94. The Morgan fingerprint density at radius 2 is 2.24 bits per heavy atom. The minimum Gasteiger partial charge on any atom is -0.378 e. The summed E-state index contributed by atoms with van der Waals surface area (Å²) < 4.78 is 5.04. The molecule has 21 heavy (non-hydrogen) atoms. The summed E-state index contributed by atoms with van der Waals surface area (Å²) in [5.41, 5.74) is 0.907. The van der Waals surface area contributed by atoms with Crippen LogP contribution in [0.4, 0.5) is 4.79 Å². The van der Waals surface area contributed by atoms with Crippen LogP contribution in [0.2, 0.25) is 0 Å². The van der Waals surface area contributed by atoms with Crippen LogP contribution < -0.4 is 5.32 Å². The number of thiazole rings is 1. The number of aromatic nitrogens is 1. The molecular formula is C13H20N4O3S. The van der Waals surface area contributed by atoms with Crippen molar-refractivity contribution in [1.82, 2.24) is 20.1 Å². The van der Waals surface area contributed by atoms with E-state index in [1.54, 1.807) is 24.0 Å². The molecule has 0 aromatic carbocycles. The first-order valence-corrected chi connectivity index (χ1v) is 7.53. The molecule has 1 aromatic heterocycles. The third-order valence-electron chi connectivity index (χ3n) is 3.29. The molecule has 1 N–H and O–H groups in total. The second-order valence-electron chi connectivity index (χ2n) is 4.95. The second-order valence-corrected chi connectivity index (χ2v) is 6.12. The Morgan fingerprint density at radius 3 is 2.86 bits per heavy atom. The number of likely N-dealkylation sites (N-methyl/N-ethyl adjacent to an activating group) is 1. The number of hydrogen-bond acceptors (Lipinski definition) is 5. The van der Waals surface area contributed by atoms with Gasteiger partial charge in [-0.05, 0) is 6.92 Å². The number of ether oxygens (including phenoxy) is 1. The van der Waals surface area contributed by atoms with Crippen LogP contribution in [-0.2, 0) is 22.7 Å². The lowest BCUT2D eigenvalue weighted by atomic mass is 10.4. The van der Waals surface area contributed by atoms with E-state index in [2.05, 4.69) is 10.3 Å². The molecule has 1 aliphatic rings. The van der Waals surface area contributed by atoms with Crippen LogP contribution in [0, 0.1) is 6.92 Å². The van der Waals surface area contributed by atoms with E-state index in [1.807, 2.05) is 6.92 Å². The van der Waals surface area contributed by atoms with Gasteiger partial charge >= 0.3 is 6.03 Å². The molecule has 0 bridgehead atoms. The second kappa shape index (κ2) is 6.86. The van der Waals surface area contributed by atoms with Crippen molar-refractivity contribution in [1.29, 1.82) is 0 Å². The maximum absolute atomic E-state index is 11.9. The number of nitrogens with one attached hydrogen (secondary N) is 1. The van der Waals surface area contributed by atoms with Gasteiger partial charge in [-0.15, -0.1) is 11.3 Å². The first kappa shape index (κ1) is 15.7. The molecule has 1 aromatic rings. The van der Waals surface area contributed by atoms with Gasteiger partial charge in [0.15, 0.2) is 0 Å². The highest BCUT2D eigenvalue weighted by Gasteiger charge is 2.26. The lowest BCUT2D eigenvalue weighted by Crippen LogP contribution is -2.39. The van der Waals surface area contributed by atoms with E-state index in [0.717, 1.165) is 15.6 Å². The molecular weight excluding hydrogens is 292 g/mol. The van der Waals surface area contributed by atoms with E-state index >= 15 is 0 Å². The summed E-state index contributed by atoms with van der Waals surface area (Å²) in [5.74, 6) is -0.153. The SMILES string of the molecule is COCc1nc(C)c(CNC(=O)CN2CCN(C)C2=O)s1. The molecule has 8 heteroatoms. The first-order valence-electron chi connectivity index (χ1n) is 6.72. The number of carbonyl (C=O) groups excluding carboxylic acids is 2. The van der Waals surface area contributed by atoms with Gasteiger partial charge in [0.2, 0.25) is 5.91 Å². The maximum Gasteiger partial charge on any atom is 0.320 e. The summed E-state index contributed by atoms with van der Waals surface area (Å²) in [6.45, 7) is 4.20. The number of carbonyl (C=O) groups is 2. The van der Waals surface area contributed by atoms with Gasteiger partial charge in [0.05, 0.1) is 18.8 Å². The number of urea groups is 1. The van der Waals surface area contributed by atoms with Gasteiger partial charge in [0.25, 0.3) is 0 Å². The minimum atomic E-state index is -0.153. The van der Waals surface area contributed by atoms with Crippen LogP contribution in [0.5, 0.6) is 0 Å². The van der Waals surface area contributed by atoms with Gasteiger partial charge in [-0.1, -0.05) is 0 Å². The zero-order chi connectivity index (χ0) is 15.4. The Morgan fingerprint density at radius 1 is 1.48 bits per heavy atom. The molecule has 0 saturated carbocycles. The molecule has 2 heterocycles. The minimum absolute atomic E-state index is 0.0958. The van der Waals surface area contributed by atoms with Crippen molar-refractivity contribution in [2.75, 3.05) is 33.8 Å². The van der Waals surface area contributed by atoms with Gasteiger partial charge in [-0.25, -0.2) is 9.78 Å². The molecule has 116 valence electrons. The standard InChI is InChI=1S/C13H20N4O3S/c1-9-10(21-12(15-9)8-20-3)6-14-11(18)7-17-5-4-16(2)13(17)19/h4-8H2,1-3H3,(H,14,18). The Balaban J connectivity index is 1.82. The third-order valence-corrected chi connectivity index (χ3v) is 4.42. The zero-order valence-electron chi connectivity index (χ0n) is 12.5. The van der Waals surface area contributed by atoms with Crippen molar-refractivity contribution >= 4 is 23.3 Å². The zero-order valence-corrected chi connectivity index (χ0v) is 13.3. The van der Waals surface area contributed by atoms with Gasteiger partial charge in [-0.2, -0.15) is 0 Å². The van der Waals surface area contributed by atoms with Crippen LogP contribution in [-0.4, -0.2) is 60.5 Å². The van der Waals surface area contributed by atoms with Crippen molar-refractivity contribution in [3.8, 4) is 0 Å². The summed E-state index contributed by atoms with van der Waals surface area (Å²) in [7, 11) is 3.36. The van der Waals surface area contributed by atoms with Crippen LogP contribution >= 0.6 is 11.3 Å². The van der Waals surface area contributed by atoms with Crippen molar-refractivity contribution < 1.29 is 14.3 Å². The number of amides is 3. The number of hydrogen-bond donors (Lipinski definition) is 1. The van der Waals surface area contributed by atoms with Crippen LogP contribution in [0.3, 0.4) is 0 Å². The number of nitrogens with zero attached hydrogens (tertiary/aromatic N) is 3. The summed E-state index contributed by atoms with van der Waals surface area (Å²) in [6.07, 6.45) is 0. The molecule has 0 spiro atoms. The smallest absolute Gasteiger partial charge is 0.320 e. The van der Waals surface area contributed by atoms with Gasteiger partial charge in [-0.3, -0.25) is 4.79 Å². The predicted octanol–water partition coefficient (Wildman–Crippen LogP) is 0.582. The van der Waals surface area contributed by atoms with E-state index < -0.39 is 0 Å². The molecule has 7 nitrogen and oxygen atoms in total. The van der Waals surface area contributed by atoms with Crippen molar-refractivity contribution in [3.63, 3.8) is 0 Å². The fourth-order valence-corrected chi connectivity index (χ4v) is 3.08. The van der Waals surface area contributed by atoms with E-state index in [1.165, 1.54) is 11.3 Å². The predicted molar refractivity (Wildman–Crippen MR) is 79.0 cm³/mol. The topological polar surface area (TPSA) is 74.8 Å². The van der Waals surface area contributed by atoms with Crippen LogP contribution in [0.25, 0.3) is 0 Å². The highest BCUT2D eigenvalue weighted by molar-refractivity contribution is 7.11. The normalized spacial score (nSPS) is 14.9. The van der Waals surface area contributed by atoms with E-state index in [-0.39, 0.29) is 18.5 Å². The quantitative estimate of drug-likeness (QED) is 0.834. The summed E-state index contributed by atoms with van der Waals surface area (Å²) >= 11 is 1.53. The highest BCUT2D eigenvalue weighted by Crippen LogP contribution is 2.18. The largest absolute Gasteiger partial charge is 0.378 e. The fourth-order valence-electron chi connectivity index (χ4n) is 2.10. The Kier molecular flexibility index (Phi) is 5.13. The molecule has 1 aliphatic heterocycles. The van der Waals surface area contributed by atoms with Crippen LogP contribution in [0.1, 0.15) is 15.6 Å². The van der Waals surface area contributed by atoms with E-state index in [9.17, 15) is 9.59 Å². The fraction of sp³-hybridized carbons (Fsp3) is 0.615. The van der Waals surface area contributed by atoms with Crippen molar-refractivity contribution in [2.45, 2.75) is 20.1 Å². The monoisotopic (exact) mass is 312 g/mol. The molecule has 0 atom stereocenters. The van der Waals surface area contributed by atoms with Crippen LogP contribution in [0.15, 0.2) is 0 Å². The van der Waals surface area contributed by atoms with Gasteiger partial charge in [0.1, 0.15) is 11.6 Å². The van der Waals surface area contributed by atoms with Gasteiger partial charge in [0, 0.05) is 32.1 Å². The number of rotatable bonds is 6. The van der Waals surface area contributed by atoms with Crippen molar-refractivity contribution in [2.24, 2.45) is 0 Å². The average molecular weight is 312 g/mol. The van der Waals surface area contributed by atoms with E-state index in [4.69, 9.17) is 4.74 Å². The summed E-state index contributed by atoms with van der Waals surface area (Å²) in [5, 5.41) is 3.73. The third kappa shape index (κ3) is 3.92. The summed E-state index contributed by atoms with van der Waals surface area (Å²) in [6, 6.07) is -0.0958.